The van der Waals surface area contributed by atoms with E-state index in [-0.39, 0.29) is 11.9 Å². The molecule has 1 heterocycles. The quantitative estimate of drug-likeness (QED) is 0.762. The minimum Gasteiger partial charge on any atom is -0.320 e. The van der Waals surface area contributed by atoms with Crippen LogP contribution in [0.1, 0.15) is 51.1 Å². The Kier molecular flexibility index (Phi) is 6.17. The normalized spacial score (nSPS) is 12.2. The van der Waals surface area contributed by atoms with E-state index in [1.165, 1.54) is 5.56 Å². The zero-order valence-corrected chi connectivity index (χ0v) is 14.7. The van der Waals surface area contributed by atoms with Crippen molar-refractivity contribution in [3.8, 4) is 0 Å². The zero-order valence-electron chi connectivity index (χ0n) is 13.9. The maximum Gasteiger partial charge on any atom is 0.293 e. The second-order valence-corrected chi connectivity index (χ2v) is 6.20. The SMILES string of the molecule is CCC(CC)c1cc[n+]([C@H](C)C(=O)Nc2cccc(Cl)c2)cc1. The molecule has 0 saturated carbocycles. The average molecular weight is 332 g/mol. The van der Waals surface area contributed by atoms with Crippen molar-refractivity contribution in [3.05, 3.63) is 59.4 Å². The molecular formula is C19H24ClN2O+. The summed E-state index contributed by atoms with van der Waals surface area (Å²) in [5.74, 6) is 0.521. The maximum atomic E-state index is 12.4. The summed E-state index contributed by atoms with van der Waals surface area (Å²) in [5.41, 5.74) is 2.04. The third-order valence-electron chi connectivity index (χ3n) is 4.25. The van der Waals surface area contributed by atoms with Gasteiger partial charge in [-0.2, -0.15) is 4.57 Å². The molecule has 1 amide bonds. The number of nitrogens with zero attached hydrogens (tertiary/aromatic N) is 1. The molecule has 2 rings (SSSR count). The highest BCUT2D eigenvalue weighted by molar-refractivity contribution is 6.30. The molecule has 0 aliphatic heterocycles. The van der Waals surface area contributed by atoms with Crippen LogP contribution in [-0.4, -0.2) is 5.91 Å². The van der Waals surface area contributed by atoms with Crippen LogP contribution in [0.4, 0.5) is 5.69 Å². The van der Waals surface area contributed by atoms with Gasteiger partial charge < -0.3 is 5.32 Å². The van der Waals surface area contributed by atoms with Gasteiger partial charge in [-0.1, -0.05) is 31.5 Å². The molecule has 1 aromatic heterocycles. The van der Waals surface area contributed by atoms with Crippen LogP contribution in [0.3, 0.4) is 0 Å². The topological polar surface area (TPSA) is 33.0 Å². The first-order chi connectivity index (χ1) is 11.0. The first-order valence-corrected chi connectivity index (χ1v) is 8.50. The van der Waals surface area contributed by atoms with Crippen molar-refractivity contribution in [2.75, 3.05) is 5.32 Å². The van der Waals surface area contributed by atoms with Gasteiger partial charge in [0.25, 0.3) is 5.91 Å². The van der Waals surface area contributed by atoms with E-state index in [1.807, 2.05) is 36.0 Å². The second-order valence-electron chi connectivity index (χ2n) is 5.77. The third-order valence-corrected chi connectivity index (χ3v) is 4.49. The monoisotopic (exact) mass is 331 g/mol. The maximum absolute atomic E-state index is 12.4. The van der Waals surface area contributed by atoms with E-state index in [1.54, 1.807) is 12.1 Å². The number of pyridine rings is 1. The molecule has 0 fully saturated rings. The number of carbonyl (C=O) groups is 1. The molecule has 1 aromatic carbocycles. The largest absolute Gasteiger partial charge is 0.320 e. The highest BCUT2D eigenvalue weighted by Gasteiger charge is 2.22. The Hall–Kier alpha value is -1.87. The number of benzene rings is 1. The summed E-state index contributed by atoms with van der Waals surface area (Å²) in [5, 5.41) is 3.51. The van der Waals surface area contributed by atoms with Crippen molar-refractivity contribution in [2.24, 2.45) is 0 Å². The third kappa shape index (κ3) is 4.55. The van der Waals surface area contributed by atoms with Crippen LogP contribution in [0.2, 0.25) is 5.02 Å². The van der Waals surface area contributed by atoms with Gasteiger partial charge in [-0.15, -0.1) is 0 Å². The van der Waals surface area contributed by atoms with Crippen LogP contribution in [0.15, 0.2) is 48.8 Å². The molecule has 1 N–H and O–H groups in total. The van der Waals surface area contributed by atoms with E-state index >= 15 is 0 Å². The van der Waals surface area contributed by atoms with Crippen LogP contribution in [-0.2, 0) is 4.79 Å². The molecule has 0 bridgehead atoms. The number of carbonyl (C=O) groups excluding carboxylic acids is 1. The fourth-order valence-corrected chi connectivity index (χ4v) is 2.88. The number of hydrogen-bond acceptors (Lipinski definition) is 1. The lowest BCUT2D eigenvalue weighted by Crippen LogP contribution is -2.44. The smallest absolute Gasteiger partial charge is 0.293 e. The number of rotatable bonds is 6. The Morgan fingerprint density at radius 1 is 1.17 bits per heavy atom. The van der Waals surface area contributed by atoms with Gasteiger partial charge in [0.1, 0.15) is 0 Å². The molecule has 0 unspecified atom stereocenters. The van der Waals surface area contributed by atoms with E-state index in [4.69, 9.17) is 11.6 Å². The van der Waals surface area contributed by atoms with Gasteiger partial charge in [-0.25, -0.2) is 0 Å². The van der Waals surface area contributed by atoms with Crippen LogP contribution < -0.4 is 9.88 Å². The van der Waals surface area contributed by atoms with E-state index in [2.05, 4.69) is 31.3 Å². The van der Waals surface area contributed by atoms with Crippen LogP contribution in [0.25, 0.3) is 0 Å². The predicted octanol–water partition coefficient (Wildman–Crippen LogP) is 4.73. The van der Waals surface area contributed by atoms with Crippen LogP contribution >= 0.6 is 11.6 Å². The fourth-order valence-electron chi connectivity index (χ4n) is 2.69. The summed E-state index contributed by atoms with van der Waals surface area (Å²) < 4.78 is 1.92. The van der Waals surface area contributed by atoms with Crippen LogP contribution in [0, 0.1) is 0 Å². The molecule has 0 saturated heterocycles. The first-order valence-electron chi connectivity index (χ1n) is 8.12. The number of anilines is 1. The predicted molar refractivity (Wildman–Crippen MR) is 94.8 cm³/mol. The Bertz CT molecular complexity index is 651. The number of halogens is 1. The van der Waals surface area contributed by atoms with E-state index in [0.717, 1.165) is 12.8 Å². The lowest BCUT2D eigenvalue weighted by atomic mass is 9.95. The highest BCUT2D eigenvalue weighted by atomic mass is 35.5. The minimum atomic E-state index is -0.287. The summed E-state index contributed by atoms with van der Waals surface area (Å²) >= 11 is 5.94. The Labute approximate surface area is 143 Å². The van der Waals surface area contributed by atoms with Crippen molar-refractivity contribution < 1.29 is 9.36 Å². The molecule has 1 atom stereocenters. The number of nitrogens with one attached hydrogen (secondary N) is 1. The molecule has 0 aliphatic rings. The van der Waals surface area contributed by atoms with Gasteiger partial charge in [-0.3, -0.25) is 4.79 Å². The Morgan fingerprint density at radius 3 is 2.39 bits per heavy atom. The molecule has 0 aliphatic carbocycles. The highest BCUT2D eigenvalue weighted by Crippen LogP contribution is 2.21. The molecule has 122 valence electrons. The van der Waals surface area contributed by atoms with Gasteiger partial charge in [0.2, 0.25) is 6.04 Å². The Morgan fingerprint density at radius 2 is 1.83 bits per heavy atom. The van der Waals surface area contributed by atoms with Gasteiger partial charge in [0.05, 0.1) is 0 Å². The summed E-state index contributed by atoms with van der Waals surface area (Å²) in [6.07, 6.45) is 6.22. The number of aromatic nitrogens is 1. The molecule has 0 spiro atoms. The van der Waals surface area contributed by atoms with Crippen molar-refractivity contribution in [1.29, 1.82) is 0 Å². The van der Waals surface area contributed by atoms with E-state index in [9.17, 15) is 4.79 Å². The van der Waals surface area contributed by atoms with Crippen molar-refractivity contribution in [2.45, 2.75) is 45.6 Å². The lowest BCUT2D eigenvalue weighted by Gasteiger charge is -2.13. The van der Waals surface area contributed by atoms with Gasteiger partial charge >= 0.3 is 0 Å². The van der Waals surface area contributed by atoms with Crippen molar-refractivity contribution in [3.63, 3.8) is 0 Å². The van der Waals surface area contributed by atoms with Gasteiger partial charge in [0.15, 0.2) is 12.4 Å². The first kappa shape index (κ1) is 17.5. The summed E-state index contributed by atoms with van der Waals surface area (Å²) in [6.45, 7) is 6.29. The molecular weight excluding hydrogens is 308 g/mol. The lowest BCUT2D eigenvalue weighted by molar-refractivity contribution is -0.705. The number of hydrogen-bond donors (Lipinski definition) is 1. The van der Waals surface area contributed by atoms with E-state index in [0.29, 0.717) is 16.6 Å². The molecule has 4 heteroatoms. The second kappa shape index (κ2) is 8.11. The number of amides is 1. The van der Waals surface area contributed by atoms with Gasteiger partial charge in [0, 0.05) is 29.8 Å². The molecule has 23 heavy (non-hydrogen) atoms. The van der Waals surface area contributed by atoms with Crippen LogP contribution in [0.5, 0.6) is 0 Å². The van der Waals surface area contributed by atoms with Gasteiger partial charge in [-0.05, 0) is 42.5 Å². The molecule has 2 aromatic rings. The molecule has 3 nitrogen and oxygen atoms in total. The summed E-state index contributed by atoms with van der Waals surface area (Å²) in [7, 11) is 0. The summed E-state index contributed by atoms with van der Waals surface area (Å²) in [4.78, 5) is 12.4. The molecule has 0 radical (unpaired) electrons. The minimum absolute atomic E-state index is 0.0625. The fraction of sp³-hybridized carbons (Fsp3) is 0.368. The van der Waals surface area contributed by atoms with E-state index < -0.39 is 0 Å². The van der Waals surface area contributed by atoms with Crippen molar-refractivity contribution in [1.82, 2.24) is 0 Å². The Balaban J connectivity index is 2.07. The zero-order chi connectivity index (χ0) is 16.8. The standard InChI is InChI=1S/C19H23ClN2O/c1-4-15(5-2)16-9-11-22(12-10-16)14(3)19(23)21-18-8-6-7-17(20)13-18/h6-15H,4-5H2,1-3H3/p+1/t14-/m1/s1. The summed E-state index contributed by atoms with van der Waals surface area (Å²) in [6, 6.07) is 11.1. The average Bonchev–Trinajstić information content (AvgIpc) is 2.56. The van der Waals surface area contributed by atoms with Crippen molar-refractivity contribution >= 4 is 23.2 Å².